The van der Waals surface area contributed by atoms with E-state index in [0.717, 1.165) is 30.3 Å². The summed E-state index contributed by atoms with van der Waals surface area (Å²) >= 11 is 0. The molecule has 0 unspecified atom stereocenters. The van der Waals surface area contributed by atoms with Crippen LogP contribution in [0.15, 0.2) is 30.6 Å². The Morgan fingerprint density at radius 3 is 2.71 bits per heavy atom. The third kappa shape index (κ3) is 3.32. The monoisotopic (exact) mass is 287 g/mol. The molecule has 4 N–H and O–H groups in total. The van der Waals surface area contributed by atoms with Crippen LogP contribution in [0.1, 0.15) is 5.56 Å². The molecule has 1 aliphatic heterocycles. The summed E-state index contributed by atoms with van der Waals surface area (Å²) in [6.45, 7) is 1.96. The number of nitrogen functional groups attached to an aromatic ring is 1. The van der Waals surface area contributed by atoms with E-state index >= 15 is 0 Å². The molecule has 0 saturated carbocycles. The van der Waals surface area contributed by atoms with Crippen molar-refractivity contribution in [3.63, 3.8) is 0 Å². The van der Waals surface area contributed by atoms with E-state index in [1.807, 2.05) is 18.2 Å². The fraction of sp³-hybridized carbons (Fsp3) is 0.286. The molecule has 0 aliphatic carbocycles. The van der Waals surface area contributed by atoms with Gasteiger partial charge in [-0.3, -0.25) is 0 Å². The Bertz CT molecular complexity index is 620. The van der Waals surface area contributed by atoms with Crippen molar-refractivity contribution < 1.29 is 9.47 Å². The highest BCUT2D eigenvalue weighted by Gasteiger charge is 2.11. The number of hydrogen-bond acceptors (Lipinski definition) is 7. The predicted molar refractivity (Wildman–Crippen MR) is 79.5 cm³/mol. The number of fused-ring (bicyclic) bond motifs is 1. The molecule has 0 fully saturated rings. The molecule has 2 heterocycles. The number of ether oxygens (including phenoxy) is 2. The van der Waals surface area contributed by atoms with Gasteiger partial charge in [0.1, 0.15) is 31.2 Å². The van der Waals surface area contributed by atoms with Crippen molar-refractivity contribution in [2.75, 3.05) is 30.5 Å². The first-order chi connectivity index (χ1) is 10.3. The molecular formula is C14H17N5O2. The summed E-state index contributed by atoms with van der Waals surface area (Å²) in [4.78, 5) is 8.08. The highest BCUT2D eigenvalue weighted by Crippen LogP contribution is 2.30. The number of aromatic nitrogens is 2. The van der Waals surface area contributed by atoms with E-state index in [4.69, 9.17) is 15.3 Å². The lowest BCUT2D eigenvalue weighted by molar-refractivity contribution is 0.171. The number of nitrogens with two attached hydrogens (primary N) is 1. The van der Waals surface area contributed by atoms with Gasteiger partial charge in [0.05, 0.1) is 0 Å². The van der Waals surface area contributed by atoms with Gasteiger partial charge in [0.15, 0.2) is 11.5 Å². The van der Waals surface area contributed by atoms with Crippen molar-refractivity contribution >= 4 is 11.6 Å². The van der Waals surface area contributed by atoms with Gasteiger partial charge in [-0.15, -0.1) is 0 Å². The highest BCUT2D eigenvalue weighted by atomic mass is 16.6. The molecule has 7 nitrogen and oxygen atoms in total. The largest absolute Gasteiger partial charge is 0.486 e. The minimum atomic E-state index is 0.576. The predicted octanol–water partition coefficient (Wildman–Crippen LogP) is 1.19. The minimum Gasteiger partial charge on any atom is -0.486 e. The van der Waals surface area contributed by atoms with Crippen molar-refractivity contribution in [2.24, 2.45) is 5.84 Å². The standard InChI is InChI=1S/C14H17N5O2/c15-19-14-8-13(17-9-18-14)16-4-3-10-1-2-11-12(7-10)21-6-5-20-11/h1-2,7-9H,3-6,15H2,(H2,16,17,18,19). The van der Waals surface area contributed by atoms with Gasteiger partial charge in [-0.1, -0.05) is 6.07 Å². The summed E-state index contributed by atoms with van der Waals surface area (Å²) in [6.07, 6.45) is 2.31. The van der Waals surface area contributed by atoms with Crippen LogP contribution in [0.25, 0.3) is 0 Å². The van der Waals surface area contributed by atoms with Gasteiger partial charge in [-0.25, -0.2) is 15.8 Å². The normalized spacial score (nSPS) is 12.8. The fourth-order valence-electron chi connectivity index (χ4n) is 2.11. The zero-order chi connectivity index (χ0) is 14.5. The van der Waals surface area contributed by atoms with Gasteiger partial charge in [-0.2, -0.15) is 0 Å². The van der Waals surface area contributed by atoms with Crippen molar-refractivity contribution in [3.05, 3.63) is 36.2 Å². The molecule has 0 atom stereocenters. The number of rotatable bonds is 5. The van der Waals surface area contributed by atoms with Crippen LogP contribution >= 0.6 is 0 Å². The van der Waals surface area contributed by atoms with Crippen LogP contribution in [-0.4, -0.2) is 29.7 Å². The Kier molecular flexibility index (Phi) is 4.02. The second-order valence-electron chi connectivity index (χ2n) is 4.59. The smallest absolute Gasteiger partial charge is 0.161 e. The van der Waals surface area contributed by atoms with Gasteiger partial charge >= 0.3 is 0 Å². The maximum Gasteiger partial charge on any atom is 0.161 e. The number of hydrogen-bond donors (Lipinski definition) is 3. The summed E-state index contributed by atoms with van der Waals surface area (Å²) < 4.78 is 11.1. The Hall–Kier alpha value is -2.54. The van der Waals surface area contributed by atoms with Crippen LogP contribution in [0.2, 0.25) is 0 Å². The molecule has 3 rings (SSSR count). The zero-order valence-corrected chi connectivity index (χ0v) is 11.5. The van der Waals surface area contributed by atoms with Crippen LogP contribution in [0.5, 0.6) is 11.5 Å². The van der Waals surface area contributed by atoms with E-state index in [0.29, 0.717) is 19.0 Å². The Balaban J connectivity index is 1.57. The van der Waals surface area contributed by atoms with Crippen LogP contribution < -0.4 is 26.1 Å². The van der Waals surface area contributed by atoms with Crippen molar-refractivity contribution in [1.82, 2.24) is 9.97 Å². The Morgan fingerprint density at radius 1 is 1.05 bits per heavy atom. The molecule has 0 bridgehead atoms. The molecule has 0 radical (unpaired) electrons. The summed E-state index contributed by atoms with van der Waals surface area (Å²) in [5.74, 6) is 8.24. The van der Waals surface area contributed by atoms with Crippen LogP contribution in [-0.2, 0) is 6.42 Å². The molecule has 0 amide bonds. The first-order valence-corrected chi connectivity index (χ1v) is 6.76. The average molecular weight is 287 g/mol. The molecule has 7 heteroatoms. The van der Waals surface area contributed by atoms with Crippen LogP contribution in [0, 0.1) is 0 Å². The van der Waals surface area contributed by atoms with Crippen LogP contribution in [0.4, 0.5) is 11.6 Å². The number of benzene rings is 1. The van der Waals surface area contributed by atoms with Crippen molar-refractivity contribution in [1.29, 1.82) is 0 Å². The molecule has 21 heavy (non-hydrogen) atoms. The fourth-order valence-corrected chi connectivity index (χ4v) is 2.11. The molecule has 1 aromatic carbocycles. The second-order valence-corrected chi connectivity index (χ2v) is 4.59. The van der Waals surface area contributed by atoms with E-state index in [2.05, 4.69) is 20.7 Å². The quantitative estimate of drug-likeness (QED) is 0.561. The van der Waals surface area contributed by atoms with Gasteiger partial charge < -0.3 is 20.2 Å². The van der Waals surface area contributed by atoms with Crippen LogP contribution in [0.3, 0.4) is 0 Å². The lowest BCUT2D eigenvalue weighted by atomic mass is 10.1. The average Bonchev–Trinajstić information content (AvgIpc) is 2.55. The lowest BCUT2D eigenvalue weighted by Gasteiger charge is -2.18. The maximum absolute atomic E-state index is 5.57. The third-order valence-electron chi connectivity index (χ3n) is 3.14. The molecule has 2 aromatic rings. The molecule has 0 saturated heterocycles. The SMILES string of the molecule is NNc1cc(NCCc2ccc3c(c2)OCCO3)ncn1. The minimum absolute atomic E-state index is 0.576. The highest BCUT2D eigenvalue weighted by molar-refractivity contribution is 5.46. The number of nitrogens with one attached hydrogen (secondary N) is 2. The summed E-state index contributed by atoms with van der Waals surface area (Å²) in [7, 11) is 0. The summed E-state index contributed by atoms with van der Waals surface area (Å²) in [5.41, 5.74) is 3.67. The van der Waals surface area contributed by atoms with Gasteiger partial charge in [0.2, 0.25) is 0 Å². The molecule has 110 valence electrons. The zero-order valence-electron chi connectivity index (χ0n) is 11.5. The van der Waals surface area contributed by atoms with E-state index in [1.54, 1.807) is 6.07 Å². The third-order valence-corrected chi connectivity index (χ3v) is 3.14. The number of anilines is 2. The van der Waals surface area contributed by atoms with Gasteiger partial charge in [-0.05, 0) is 24.1 Å². The maximum atomic E-state index is 5.57. The summed E-state index contributed by atoms with van der Waals surface area (Å²) in [5, 5.41) is 3.23. The van der Waals surface area contributed by atoms with Crippen molar-refractivity contribution in [3.8, 4) is 11.5 Å². The molecule has 0 spiro atoms. The van der Waals surface area contributed by atoms with E-state index in [-0.39, 0.29) is 0 Å². The second kappa shape index (κ2) is 6.27. The van der Waals surface area contributed by atoms with Crippen molar-refractivity contribution in [2.45, 2.75) is 6.42 Å². The molecule has 1 aliphatic rings. The van der Waals surface area contributed by atoms with E-state index in [1.165, 1.54) is 11.9 Å². The number of hydrazine groups is 1. The lowest BCUT2D eigenvalue weighted by Crippen LogP contribution is -2.15. The molecular weight excluding hydrogens is 270 g/mol. The van der Waals surface area contributed by atoms with Gasteiger partial charge in [0, 0.05) is 12.6 Å². The first kappa shape index (κ1) is 13.4. The van der Waals surface area contributed by atoms with E-state index < -0.39 is 0 Å². The number of nitrogens with zero attached hydrogens (tertiary/aromatic N) is 2. The Morgan fingerprint density at radius 2 is 1.86 bits per heavy atom. The van der Waals surface area contributed by atoms with E-state index in [9.17, 15) is 0 Å². The topological polar surface area (TPSA) is 94.3 Å². The Labute approximate surface area is 122 Å². The molecule has 1 aromatic heterocycles. The van der Waals surface area contributed by atoms with Gasteiger partial charge in [0.25, 0.3) is 0 Å². The first-order valence-electron chi connectivity index (χ1n) is 6.76. The summed E-state index contributed by atoms with van der Waals surface area (Å²) in [6, 6.07) is 7.76.